The minimum absolute atomic E-state index is 0.340. The Labute approximate surface area is 119 Å². The molecule has 5 nitrogen and oxygen atoms in total. The quantitative estimate of drug-likeness (QED) is 0.775. The molecule has 1 aromatic rings. The summed E-state index contributed by atoms with van der Waals surface area (Å²) in [6.45, 7) is 2.80. The van der Waals surface area contributed by atoms with Crippen LogP contribution in [0.4, 0.5) is 13.2 Å². The maximum atomic E-state index is 12.6. The number of ether oxygens (including phenoxy) is 1. The summed E-state index contributed by atoms with van der Waals surface area (Å²) in [7, 11) is 0. The molecular formula is C13H17F3N2O3. The van der Waals surface area contributed by atoms with Gasteiger partial charge < -0.3 is 14.6 Å². The van der Waals surface area contributed by atoms with E-state index in [9.17, 15) is 22.8 Å². The van der Waals surface area contributed by atoms with Crippen molar-refractivity contribution in [1.82, 2.24) is 9.88 Å². The van der Waals surface area contributed by atoms with Gasteiger partial charge in [0.15, 0.2) is 0 Å². The molecule has 1 heterocycles. The average molecular weight is 306 g/mol. The Morgan fingerprint density at radius 2 is 2.14 bits per heavy atom. The molecular weight excluding hydrogens is 289 g/mol. The van der Waals surface area contributed by atoms with Gasteiger partial charge in [0.25, 0.3) is 5.56 Å². The van der Waals surface area contributed by atoms with Crippen LogP contribution in [0.3, 0.4) is 0 Å². The van der Waals surface area contributed by atoms with Crippen molar-refractivity contribution >= 4 is 5.91 Å². The van der Waals surface area contributed by atoms with Crippen LogP contribution in [0.15, 0.2) is 23.1 Å². The highest BCUT2D eigenvalue weighted by Gasteiger charge is 2.34. The van der Waals surface area contributed by atoms with Crippen molar-refractivity contribution in [2.24, 2.45) is 0 Å². The Morgan fingerprint density at radius 3 is 2.76 bits per heavy atom. The minimum atomic E-state index is -4.73. The number of carbonyl (C=O) groups is 1. The lowest BCUT2D eigenvalue weighted by Crippen LogP contribution is -2.35. The number of amides is 1. The van der Waals surface area contributed by atoms with Gasteiger partial charge in [0.1, 0.15) is 12.1 Å². The fourth-order valence-corrected chi connectivity index (χ4v) is 1.63. The van der Waals surface area contributed by atoms with Crippen molar-refractivity contribution < 1.29 is 22.7 Å². The normalized spacial score (nSPS) is 11.4. The molecule has 1 aromatic heterocycles. The number of aromatic nitrogens is 1. The molecule has 0 spiro atoms. The van der Waals surface area contributed by atoms with Gasteiger partial charge in [0, 0.05) is 26.0 Å². The molecule has 1 N–H and O–H groups in total. The van der Waals surface area contributed by atoms with Gasteiger partial charge in [-0.2, -0.15) is 13.2 Å². The lowest BCUT2D eigenvalue weighted by atomic mass is 10.2. The molecule has 0 saturated carbocycles. The van der Waals surface area contributed by atoms with Crippen LogP contribution in [0.2, 0.25) is 0 Å². The van der Waals surface area contributed by atoms with Crippen LogP contribution in [-0.2, 0) is 22.3 Å². The molecule has 0 bridgehead atoms. The summed E-state index contributed by atoms with van der Waals surface area (Å²) in [5.74, 6) is -0.520. The van der Waals surface area contributed by atoms with E-state index < -0.39 is 29.8 Å². The molecule has 0 radical (unpaired) electrons. The third-order valence-electron chi connectivity index (χ3n) is 2.63. The number of rotatable bonds is 7. The topological polar surface area (TPSA) is 60.3 Å². The molecule has 8 heteroatoms. The first kappa shape index (κ1) is 17.2. The number of pyridine rings is 1. The van der Waals surface area contributed by atoms with Gasteiger partial charge in [0.05, 0.1) is 0 Å². The maximum Gasteiger partial charge on any atom is 0.421 e. The number of nitrogens with zero attached hydrogens (tertiary/aromatic N) is 1. The van der Waals surface area contributed by atoms with E-state index in [1.165, 1.54) is 0 Å². The molecule has 0 unspecified atom stereocenters. The zero-order chi connectivity index (χ0) is 15.9. The van der Waals surface area contributed by atoms with Crippen LogP contribution >= 0.6 is 0 Å². The van der Waals surface area contributed by atoms with E-state index in [4.69, 9.17) is 4.74 Å². The van der Waals surface area contributed by atoms with Gasteiger partial charge in [-0.1, -0.05) is 0 Å². The highest BCUT2D eigenvalue weighted by atomic mass is 19.4. The van der Waals surface area contributed by atoms with E-state index in [-0.39, 0.29) is 0 Å². The van der Waals surface area contributed by atoms with E-state index in [0.29, 0.717) is 32.2 Å². The summed E-state index contributed by atoms with van der Waals surface area (Å²) < 4.78 is 43.5. The SMILES string of the molecule is CCOCCCNC(=O)Cn1cccc(C(F)(F)F)c1=O. The number of nitrogens with one attached hydrogen (secondary N) is 1. The maximum absolute atomic E-state index is 12.6. The van der Waals surface area contributed by atoms with Crippen molar-refractivity contribution in [3.8, 4) is 0 Å². The minimum Gasteiger partial charge on any atom is -0.382 e. The number of halogens is 3. The monoisotopic (exact) mass is 306 g/mol. The first-order valence-electron chi connectivity index (χ1n) is 6.47. The molecule has 0 fully saturated rings. The number of carbonyl (C=O) groups excluding carboxylic acids is 1. The van der Waals surface area contributed by atoms with Crippen molar-refractivity contribution in [3.05, 3.63) is 34.2 Å². The van der Waals surface area contributed by atoms with Crippen LogP contribution < -0.4 is 10.9 Å². The van der Waals surface area contributed by atoms with Gasteiger partial charge in [-0.3, -0.25) is 9.59 Å². The van der Waals surface area contributed by atoms with Gasteiger partial charge in [-0.15, -0.1) is 0 Å². The molecule has 1 amide bonds. The molecule has 1 rings (SSSR count). The van der Waals surface area contributed by atoms with Crippen LogP contribution in [-0.4, -0.2) is 30.2 Å². The first-order chi connectivity index (χ1) is 9.86. The predicted molar refractivity (Wildman–Crippen MR) is 69.8 cm³/mol. The van der Waals surface area contributed by atoms with Gasteiger partial charge >= 0.3 is 6.18 Å². The largest absolute Gasteiger partial charge is 0.421 e. The zero-order valence-electron chi connectivity index (χ0n) is 11.6. The van der Waals surface area contributed by atoms with E-state index in [0.717, 1.165) is 16.8 Å². The Morgan fingerprint density at radius 1 is 1.43 bits per heavy atom. The average Bonchev–Trinajstić information content (AvgIpc) is 2.39. The Hall–Kier alpha value is -1.83. The number of hydrogen-bond acceptors (Lipinski definition) is 3. The summed E-state index contributed by atoms with van der Waals surface area (Å²) in [4.78, 5) is 23.2. The molecule has 0 aliphatic heterocycles. The van der Waals surface area contributed by atoms with Gasteiger partial charge in [-0.05, 0) is 25.5 Å². The fourth-order valence-electron chi connectivity index (χ4n) is 1.63. The predicted octanol–water partition coefficient (Wildman–Crippen LogP) is 1.41. The lowest BCUT2D eigenvalue weighted by molar-refractivity contribution is -0.139. The summed E-state index contributed by atoms with van der Waals surface area (Å²) in [6.07, 6.45) is -2.98. The van der Waals surface area contributed by atoms with E-state index in [2.05, 4.69) is 5.32 Å². The van der Waals surface area contributed by atoms with Crippen LogP contribution in [0, 0.1) is 0 Å². The second kappa shape index (κ2) is 7.82. The zero-order valence-corrected chi connectivity index (χ0v) is 11.6. The Bertz CT molecular complexity index is 526. The smallest absolute Gasteiger partial charge is 0.382 e. The van der Waals surface area contributed by atoms with Gasteiger partial charge in [0.2, 0.25) is 5.91 Å². The standard InChI is InChI=1S/C13H17F3N2O3/c1-2-21-8-4-6-17-11(19)9-18-7-3-5-10(12(18)20)13(14,15)16/h3,5,7H,2,4,6,8-9H2,1H3,(H,17,19). The molecule has 0 saturated heterocycles. The number of alkyl halides is 3. The Balaban J connectivity index is 2.59. The first-order valence-corrected chi connectivity index (χ1v) is 6.47. The van der Waals surface area contributed by atoms with Crippen molar-refractivity contribution in [3.63, 3.8) is 0 Å². The summed E-state index contributed by atoms with van der Waals surface area (Å²) in [6, 6.07) is 1.78. The highest BCUT2D eigenvalue weighted by Crippen LogP contribution is 2.25. The van der Waals surface area contributed by atoms with Crippen LogP contribution in [0.5, 0.6) is 0 Å². The van der Waals surface area contributed by atoms with Crippen molar-refractivity contribution in [1.29, 1.82) is 0 Å². The lowest BCUT2D eigenvalue weighted by Gasteiger charge is -2.10. The third kappa shape index (κ3) is 5.58. The van der Waals surface area contributed by atoms with E-state index >= 15 is 0 Å². The molecule has 21 heavy (non-hydrogen) atoms. The van der Waals surface area contributed by atoms with Crippen LogP contribution in [0.1, 0.15) is 18.9 Å². The highest BCUT2D eigenvalue weighted by molar-refractivity contribution is 5.75. The summed E-state index contributed by atoms with van der Waals surface area (Å²) in [5, 5.41) is 2.52. The van der Waals surface area contributed by atoms with E-state index in [1.54, 1.807) is 0 Å². The van der Waals surface area contributed by atoms with Crippen LogP contribution in [0.25, 0.3) is 0 Å². The molecule has 0 aliphatic carbocycles. The molecule has 118 valence electrons. The summed E-state index contributed by atoms with van der Waals surface area (Å²) >= 11 is 0. The second-order valence-corrected chi connectivity index (χ2v) is 4.25. The Kier molecular flexibility index (Phi) is 6.41. The molecule has 0 aliphatic rings. The van der Waals surface area contributed by atoms with Gasteiger partial charge in [-0.25, -0.2) is 0 Å². The van der Waals surface area contributed by atoms with Crippen molar-refractivity contribution in [2.75, 3.05) is 19.8 Å². The molecule has 0 aromatic carbocycles. The second-order valence-electron chi connectivity index (χ2n) is 4.25. The summed E-state index contributed by atoms with van der Waals surface area (Å²) in [5.41, 5.74) is -2.51. The molecule has 0 atom stereocenters. The van der Waals surface area contributed by atoms with E-state index in [1.807, 2.05) is 6.92 Å². The third-order valence-corrected chi connectivity index (χ3v) is 2.63. The number of hydrogen-bond donors (Lipinski definition) is 1. The fraction of sp³-hybridized carbons (Fsp3) is 0.538. The van der Waals surface area contributed by atoms with Crippen molar-refractivity contribution in [2.45, 2.75) is 26.1 Å².